The summed E-state index contributed by atoms with van der Waals surface area (Å²) in [4.78, 5) is 16.5. The molecule has 0 spiro atoms. The van der Waals surface area contributed by atoms with Crippen LogP contribution in [0.25, 0.3) is 33.1 Å². The van der Waals surface area contributed by atoms with Crippen LogP contribution in [-0.4, -0.2) is 25.0 Å². The van der Waals surface area contributed by atoms with Gasteiger partial charge < -0.3 is 16.6 Å². The summed E-state index contributed by atoms with van der Waals surface area (Å²) >= 11 is 0. The van der Waals surface area contributed by atoms with Crippen LogP contribution in [0.4, 0.5) is 5.82 Å². The minimum atomic E-state index is -0.628. The summed E-state index contributed by atoms with van der Waals surface area (Å²) in [6.07, 6.45) is 3.65. The molecule has 1 amide bonds. The highest BCUT2D eigenvalue weighted by Gasteiger charge is 2.29. The molecule has 8 nitrogen and oxygen atoms in total. The Hall–Kier alpha value is -3.55. The largest absolute Gasteiger partial charge is 0.508 e. The van der Waals surface area contributed by atoms with Gasteiger partial charge in [0.25, 0.3) is 5.91 Å². The molecule has 0 atom stereocenters. The van der Waals surface area contributed by atoms with Gasteiger partial charge in [0.15, 0.2) is 11.0 Å². The Balaban J connectivity index is 2.29. The van der Waals surface area contributed by atoms with E-state index in [1.165, 1.54) is 0 Å². The molecule has 0 radical (unpaired) electrons. The van der Waals surface area contributed by atoms with Gasteiger partial charge in [0, 0.05) is 5.56 Å². The van der Waals surface area contributed by atoms with E-state index in [-0.39, 0.29) is 17.1 Å². The number of carbonyl (C=O) groups excluding carboxylic acids is 1. The molecule has 0 fully saturated rings. The van der Waals surface area contributed by atoms with E-state index in [0.29, 0.717) is 22.1 Å². The zero-order valence-corrected chi connectivity index (χ0v) is 13.6. The molecular weight excluding hydrogens is 320 g/mol. The Morgan fingerprint density at radius 3 is 2.80 bits per heavy atom. The molecule has 5 rings (SSSR count). The first-order chi connectivity index (χ1) is 11.9. The van der Waals surface area contributed by atoms with Crippen LogP contribution in [0.5, 0.6) is 5.75 Å². The molecule has 0 saturated carbocycles. The summed E-state index contributed by atoms with van der Waals surface area (Å²) in [5, 5.41) is 10.2. The van der Waals surface area contributed by atoms with E-state index in [1.807, 2.05) is 35.3 Å². The molecule has 25 heavy (non-hydrogen) atoms. The number of nitrogens with zero attached hydrogens (tertiary/aromatic N) is 4. The number of carbonyl (C=O) groups is 1. The first-order valence-corrected chi connectivity index (χ1v) is 7.74. The molecule has 0 aliphatic rings. The molecular formula is C17H15N6O2+. The van der Waals surface area contributed by atoms with Crippen molar-refractivity contribution in [2.45, 2.75) is 6.92 Å². The minimum absolute atomic E-state index is 0.153. The minimum Gasteiger partial charge on any atom is -0.508 e. The molecule has 1 aromatic carbocycles. The number of aryl methyl sites for hydroxylation is 2. The SMILES string of the molecule is Cc1c(O)ccc2c1n1c(N)c(C(N)=O)c3ncc4c(c31)[n+]2cn4C. The lowest BCUT2D eigenvalue weighted by Crippen LogP contribution is -2.22. The summed E-state index contributed by atoms with van der Waals surface area (Å²) in [7, 11) is 1.93. The summed E-state index contributed by atoms with van der Waals surface area (Å²) in [5.74, 6) is -0.245. The van der Waals surface area contributed by atoms with E-state index in [2.05, 4.69) is 4.98 Å². The summed E-state index contributed by atoms with van der Waals surface area (Å²) in [6.45, 7) is 1.81. The van der Waals surface area contributed by atoms with Crippen LogP contribution >= 0.6 is 0 Å². The summed E-state index contributed by atoms with van der Waals surface area (Å²) in [5.41, 5.74) is 17.3. The fraction of sp³-hybridized carbons (Fsp3) is 0.118. The number of phenolic OH excluding ortho intramolecular Hbond substituents is 1. The lowest BCUT2D eigenvalue weighted by atomic mass is 10.1. The third-order valence-corrected chi connectivity index (χ3v) is 4.98. The average molecular weight is 335 g/mol. The van der Waals surface area contributed by atoms with Crippen molar-refractivity contribution in [1.29, 1.82) is 0 Å². The van der Waals surface area contributed by atoms with E-state index < -0.39 is 5.91 Å². The number of phenols is 1. The van der Waals surface area contributed by atoms with Crippen LogP contribution in [0.2, 0.25) is 0 Å². The van der Waals surface area contributed by atoms with Gasteiger partial charge in [0.05, 0.1) is 13.2 Å². The van der Waals surface area contributed by atoms with Crippen LogP contribution in [-0.2, 0) is 7.05 Å². The number of pyridine rings is 1. The van der Waals surface area contributed by atoms with E-state index in [1.54, 1.807) is 16.7 Å². The molecule has 0 unspecified atom stereocenters. The standard InChI is InChI=1S/C17H14N6O2/c1-7-10(24)4-3-8-13(7)23-15-12(11(16(23)18)17(19)25)20-5-9-14(15)22(8)6-21(9)2/h3-6H,1-2H3,(H4-,18,19,20,24,25)/p+1. The second kappa shape index (κ2) is 4.10. The quantitative estimate of drug-likeness (QED) is 0.311. The van der Waals surface area contributed by atoms with Gasteiger partial charge in [0.1, 0.15) is 33.7 Å². The zero-order chi connectivity index (χ0) is 17.6. The first-order valence-electron chi connectivity index (χ1n) is 7.74. The number of fused-ring (bicyclic) bond motifs is 3. The molecule has 4 heterocycles. The van der Waals surface area contributed by atoms with Crippen LogP contribution < -0.4 is 15.9 Å². The maximum atomic E-state index is 12.0. The van der Waals surface area contributed by atoms with Gasteiger partial charge in [-0.25, -0.2) is 9.55 Å². The number of hydrogen-bond acceptors (Lipinski definition) is 4. The second-order valence-corrected chi connectivity index (χ2v) is 6.32. The number of hydrogen-bond donors (Lipinski definition) is 3. The Bertz CT molecular complexity index is 1360. The van der Waals surface area contributed by atoms with Gasteiger partial charge in [-0.05, 0) is 19.1 Å². The molecule has 5 N–H and O–H groups in total. The van der Waals surface area contributed by atoms with Gasteiger partial charge in [-0.1, -0.05) is 0 Å². The zero-order valence-electron chi connectivity index (χ0n) is 13.6. The van der Waals surface area contributed by atoms with E-state index in [4.69, 9.17) is 11.5 Å². The smallest absolute Gasteiger partial charge is 0.254 e. The number of rotatable bonds is 1. The van der Waals surface area contributed by atoms with Crippen molar-refractivity contribution >= 4 is 44.8 Å². The third kappa shape index (κ3) is 1.40. The van der Waals surface area contributed by atoms with Gasteiger partial charge in [-0.3, -0.25) is 9.20 Å². The number of amides is 1. The maximum absolute atomic E-state index is 12.0. The third-order valence-electron chi connectivity index (χ3n) is 4.98. The number of anilines is 1. The van der Waals surface area contributed by atoms with Crippen molar-refractivity contribution < 1.29 is 14.3 Å². The molecule has 0 aliphatic carbocycles. The normalized spacial score (nSPS) is 12.2. The van der Waals surface area contributed by atoms with Crippen LogP contribution in [0.1, 0.15) is 15.9 Å². The number of benzene rings is 1. The Labute approximate surface area is 140 Å². The van der Waals surface area contributed by atoms with Crippen molar-refractivity contribution in [2.24, 2.45) is 12.8 Å². The Morgan fingerprint density at radius 2 is 2.08 bits per heavy atom. The van der Waals surface area contributed by atoms with Crippen molar-refractivity contribution in [3.05, 3.63) is 35.8 Å². The number of aromatic hydroxyl groups is 1. The van der Waals surface area contributed by atoms with Crippen LogP contribution in [0.3, 0.4) is 0 Å². The van der Waals surface area contributed by atoms with E-state index in [9.17, 15) is 9.90 Å². The lowest BCUT2D eigenvalue weighted by Gasteiger charge is -2.09. The number of nitrogens with two attached hydrogens (primary N) is 2. The number of aromatic nitrogens is 4. The molecule has 4 aromatic heterocycles. The molecule has 0 saturated heterocycles. The predicted molar refractivity (Wildman–Crippen MR) is 92.9 cm³/mol. The van der Waals surface area contributed by atoms with Gasteiger partial charge >= 0.3 is 0 Å². The van der Waals surface area contributed by atoms with Gasteiger partial charge in [0.2, 0.25) is 11.8 Å². The van der Waals surface area contributed by atoms with Gasteiger partial charge in [-0.15, -0.1) is 0 Å². The fourth-order valence-corrected chi connectivity index (χ4v) is 3.83. The highest BCUT2D eigenvalue weighted by molar-refractivity contribution is 6.15. The number of nitrogen functional groups attached to an aromatic ring is 1. The topological polar surface area (TPSA) is 116 Å². The molecule has 124 valence electrons. The van der Waals surface area contributed by atoms with Crippen molar-refractivity contribution in [2.75, 3.05) is 5.73 Å². The monoisotopic (exact) mass is 335 g/mol. The van der Waals surface area contributed by atoms with Crippen molar-refractivity contribution in [3.63, 3.8) is 0 Å². The van der Waals surface area contributed by atoms with Crippen LogP contribution in [0.15, 0.2) is 24.7 Å². The molecule has 0 bridgehead atoms. The Kier molecular flexibility index (Phi) is 2.27. The predicted octanol–water partition coefficient (Wildman–Crippen LogP) is 0.851. The molecule has 8 heteroatoms. The van der Waals surface area contributed by atoms with Gasteiger partial charge in [-0.2, -0.15) is 4.40 Å². The fourth-order valence-electron chi connectivity index (χ4n) is 3.83. The lowest BCUT2D eigenvalue weighted by molar-refractivity contribution is -0.481. The first kappa shape index (κ1) is 13.8. The Morgan fingerprint density at radius 1 is 1.32 bits per heavy atom. The highest BCUT2D eigenvalue weighted by Crippen LogP contribution is 2.36. The van der Waals surface area contributed by atoms with Crippen LogP contribution in [0, 0.1) is 6.92 Å². The van der Waals surface area contributed by atoms with Crippen molar-refractivity contribution in [1.82, 2.24) is 14.0 Å². The maximum Gasteiger partial charge on any atom is 0.254 e. The summed E-state index contributed by atoms with van der Waals surface area (Å²) in [6, 6.07) is 3.48. The number of imidazole rings is 1. The summed E-state index contributed by atoms with van der Waals surface area (Å²) < 4.78 is 5.75. The molecule has 0 aliphatic heterocycles. The number of primary amides is 1. The van der Waals surface area contributed by atoms with E-state index in [0.717, 1.165) is 16.6 Å². The van der Waals surface area contributed by atoms with Crippen molar-refractivity contribution in [3.8, 4) is 5.75 Å². The van der Waals surface area contributed by atoms with E-state index >= 15 is 0 Å². The average Bonchev–Trinajstić information content (AvgIpc) is 3.05. The second-order valence-electron chi connectivity index (χ2n) is 6.32. The highest BCUT2D eigenvalue weighted by atomic mass is 16.3. The molecule has 5 aromatic rings.